The van der Waals surface area contributed by atoms with Crippen LogP contribution in [0.3, 0.4) is 0 Å². The molecule has 0 aliphatic heterocycles. The molecule has 0 bridgehead atoms. The van der Waals surface area contributed by atoms with Gasteiger partial charge in [-0.05, 0) is 29.5 Å². The van der Waals surface area contributed by atoms with Crippen molar-refractivity contribution < 1.29 is 4.79 Å². The molecule has 0 saturated carbocycles. The van der Waals surface area contributed by atoms with E-state index in [1.807, 2.05) is 60.0 Å². The molecular formula is C21H22N2OS. The van der Waals surface area contributed by atoms with Crippen LogP contribution >= 0.6 is 11.3 Å². The summed E-state index contributed by atoms with van der Waals surface area (Å²) in [7, 11) is 0. The second kappa shape index (κ2) is 8.60. The minimum atomic E-state index is -0.109. The van der Waals surface area contributed by atoms with Crippen molar-refractivity contribution in [3.05, 3.63) is 94.2 Å². The number of nitrogens with one attached hydrogen (secondary N) is 2. The van der Waals surface area contributed by atoms with Gasteiger partial charge in [0.25, 0.3) is 0 Å². The van der Waals surface area contributed by atoms with Crippen molar-refractivity contribution in [3.8, 4) is 0 Å². The van der Waals surface area contributed by atoms with Crippen LogP contribution in [0.15, 0.2) is 78.2 Å². The Balaban J connectivity index is 1.63. The molecule has 2 aromatic carbocycles. The highest BCUT2D eigenvalue weighted by Gasteiger charge is 2.18. The Labute approximate surface area is 152 Å². The number of hydrogen-bond acceptors (Lipinski definition) is 3. The van der Waals surface area contributed by atoms with Gasteiger partial charge >= 0.3 is 0 Å². The van der Waals surface area contributed by atoms with Crippen LogP contribution in [-0.4, -0.2) is 12.5 Å². The van der Waals surface area contributed by atoms with Gasteiger partial charge in [-0.2, -0.15) is 0 Å². The van der Waals surface area contributed by atoms with E-state index in [9.17, 15) is 4.79 Å². The number of hydrogen-bond donors (Lipinski definition) is 2. The second-order valence-electron chi connectivity index (χ2n) is 5.94. The summed E-state index contributed by atoms with van der Waals surface area (Å²) >= 11 is 1.65. The fourth-order valence-corrected chi connectivity index (χ4v) is 3.54. The Morgan fingerprint density at radius 2 is 1.56 bits per heavy atom. The topological polar surface area (TPSA) is 41.1 Å². The van der Waals surface area contributed by atoms with Crippen LogP contribution in [0.2, 0.25) is 0 Å². The van der Waals surface area contributed by atoms with E-state index in [4.69, 9.17) is 0 Å². The van der Waals surface area contributed by atoms with Gasteiger partial charge in [0, 0.05) is 10.9 Å². The van der Waals surface area contributed by atoms with Gasteiger partial charge in [0.2, 0.25) is 5.91 Å². The molecule has 3 aromatic rings. The van der Waals surface area contributed by atoms with Gasteiger partial charge in [0.05, 0.1) is 12.6 Å². The van der Waals surface area contributed by atoms with Gasteiger partial charge in [-0.15, -0.1) is 11.3 Å². The molecule has 0 unspecified atom stereocenters. The molecular weight excluding hydrogens is 328 g/mol. The molecule has 0 radical (unpaired) electrons. The molecule has 2 atom stereocenters. The van der Waals surface area contributed by atoms with Crippen LogP contribution in [-0.2, 0) is 4.79 Å². The summed E-state index contributed by atoms with van der Waals surface area (Å²) in [4.78, 5) is 13.6. The molecule has 4 heteroatoms. The average Bonchev–Trinajstić information content (AvgIpc) is 3.20. The van der Waals surface area contributed by atoms with Crippen molar-refractivity contribution >= 4 is 17.2 Å². The molecule has 128 valence electrons. The smallest absolute Gasteiger partial charge is 0.234 e. The highest BCUT2D eigenvalue weighted by atomic mass is 32.1. The van der Waals surface area contributed by atoms with Crippen LogP contribution < -0.4 is 10.6 Å². The Kier molecular flexibility index (Phi) is 5.99. The van der Waals surface area contributed by atoms with E-state index in [-0.39, 0.29) is 24.5 Å². The van der Waals surface area contributed by atoms with Gasteiger partial charge in [-0.1, -0.05) is 66.7 Å². The minimum absolute atomic E-state index is 0.00923. The molecule has 1 amide bonds. The van der Waals surface area contributed by atoms with E-state index in [0.29, 0.717) is 0 Å². The molecule has 25 heavy (non-hydrogen) atoms. The maximum Gasteiger partial charge on any atom is 0.234 e. The van der Waals surface area contributed by atoms with Crippen molar-refractivity contribution in [2.75, 3.05) is 6.54 Å². The highest BCUT2D eigenvalue weighted by Crippen LogP contribution is 2.25. The lowest BCUT2D eigenvalue weighted by atomic mass is 10.1. The first-order chi connectivity index (χ1) is 12.2. The number of carbonyl (C=O) groups is 1. The third kappa shape index (κ3) is 4.78. The third-order valence-corrected chi connectivity index (χ3v) is 5.07. The van der Waals surface area contributed by atoms with E-state index in [2.05, 4.69) is 35.8 Å². The first-order valence-electron chi connectivity index (χ1n) is 8.40. The Morgan fingerprint density at radius 3 is 2.16 bits per heavy atom. The van der Waals surface area contributed by atoms with E-state index >= 15 is 0 Å². The van der Waals surface area contributed by atoms with E-state index < -0.39 is 0 Å². The molecule has 0 spiro atoms. The molecule has 2 N–H and O–H groups in total. The zero-order chi connectivity index (χ0) is 17.5. The monoisotopic (exact) mass is 350 g/mol. The lowest BCUT2D eigenvalue weighted by molar-refractivity contribution is -0.120. The summed E-state index contributed by atoms with van der Waals surface area (Å²) < 4.78 is 0. The summed E-state index contributed by atoms with van der Waals surface area (Å²) in [5, 5.41) is 8.48. The summed E-state index contributed by atoms with van der Waals surface area (Å²) in [5.41, 5.74) is 2.27. The van der Waals surface area contributed by atoms with Crippen LogP contribution in [0, 0.1) is 0 Å². The first-order valence-corrected chi connectivity index (χ1v) is 9.28. The van der Waals surface area contributed by atoms with Gasteiger partial charge in [0.1, 0.15) is 0 Å². The standard InChI is InChI=1S/C21H22N2OS/c1-16(17-9-4-2-5-10-17)22-15-20(24)23-21(19-13-8-14-25-19)18-11-6-3-7-12-18/h2-14,16,21-22H,15H2,1H3,(H,23,24)/t16-,21-/m1/s1. The maximum absolute atomic E-state index is 12.5. The SMILES string of the molecule is C[C@@H](NCC(=O)N[C@H](c1ccccc1)c1cccs1)c1ccccc1. The summed E-state index contributed by atoms with van der Waals surface area (Å²) in [6, 6.07) is 24.3. The van der Waals surface area contributed by atoms with Crippen LogP contribution in [0.1, 0.15) is 35.0 Å². The van der Waals surface area contributed by atoms with Crippen LogP contribution in [0.25, 0.3) is 0 Å². The number of carbonyl (C=O) groups excluding carboxylic acids is 1. The Hall–Kier alpha value is -2.43. The first kappa shape index (κ1) is 17.4. The van der Waals surface area contributed by atoms with Gasteiger partial charge in [-0.25, -0.2) is 0 Å². The zero-order valence-electron chi connectivity index (χ0n) is 14.2. The minimum Gasteiger partial charge on any atom is -0.343 e. The quantitative estimate of drug-likeness (QED) is 0.667. The molecule has 3 nitrogen and oxygen atoms in total. The number of rotatable bonds is 7. The maximum atomic E-state index is 12.5. The predicted octanol–water partition coefficient (Wildman–Crippen LogP) is 4.30. The summed E-state index contributed by atoms with van der Waals surface area (Å²) in [5.74, 6) is -0.00923. The molecule has 0 saturated heterocycles. The van der Waals surface area contributed by atoms with Crippen molar-refractivity contribution in [2.24, 2.45) is 0 Å². The van der Waals surface area contributed by atoms with Crippen LogP contribution in [0.4, 0.5) is 0 Å². The predicted molar refractivity (Wildman–Crippen MR) is 104 cm³/mol. The second-order valence-corrected chi connectivity index (χ2v) is 6.92. The van der Waals surface area contributed by atoms with Gasteiger partial charge < -0.3 is 10.6 Å². The molecule has 3 rings (SSSR count). The van der Waals surface area contributed by atoms with E-state index in [1.165, 1.54) is 5.56 Å². The van der Waals surface area contributed by atoms with Crippen molar-refractivity contribution in [2.45, 2.75) is 19.0 Å². The number of thiophene rings is 1. The van der Waals surface area contributed by atoms with Crippen molar-refractivity contribution in [1.82, 2.24) is 10.6 Å². The number of amides is 1. The highest BCUT2D eigenvalue weighted by molar-refractivity contribution is 7.10. The number of benzene rings is 2. The van der Waals surface area contributed by atoms with Crippen molar-refractivity contribution in [3.63, 3.8) is 0 Å². The Morgan fingerprint density at radius 1 is 0.920 bits per heavy atom. The van der Waals surface area contributed by atoms with Crippen molar-refractivity contribution in [1.29, 1.82) is 0 Å². The molecule has 0 fully saturated rings. The molecule has 1 aromatic heterocycles. The summed E-state index contributed by atoms with van der Waals surface area (Å²) in [6.07, 6.45) is 0. The fraction of sp³-hybridized carbons (Fsp3) is 0.190. The third-order valence-electron chi connectivity index (χ3n) is 4.13. The van der Waals surface area contributed by atoms with Gasteiger partial charge in [-0.3, -0.25) is 4.79 Å². The van der Waals surface area contributed by atoms with Crippen LogP contribution in [0.5, 0.6) is 0 Å². The Bertz CT molecular complexity index is 772. The molecule has 0 aliphatic carbocycles. The van der Waals surface area contributed by atoms with E-state index in [1.54, 1.807) is 11.3 Å². The zero-order valence-corrected chi connectivity index (χ0v) is 15.0. The molecule has 1 heterocycles. The lowest BCUT2D eigenvalue weighted by Gasteiger charge is -2.19. The summed E-state index contributed by atoms with van der Waals surface area (Å²) in [6.45, 7) is 2.35. The molecule has 0 aliphatic rings. The largest absolute Gasteiger partial charge is 0.343 e. The van der Waals surface area contributed by atoms with E-state index in [0.717, 1.165) is 10.4 Å². The average molecular weight is 350 g/mol. The lowest BCUT2D eigenvalue weighted by Crippen LogP contribution is -2.37. The van der Waals surface area contributed by atoms with Gasteiger partial charge in [0.15, 0.2) is 0 Å². The fourth-order valence-electron chi connectivity index (χ4n) is 2.74. The normalized spacial score (nSPS) is 13.2.